The van der Waals surface area contributed by atoms with E-state index >= 15 is 0 Å². The summed E-state index contributed by atoms with van der Waals surface area (Å²) < 4.78 is 2.37. The molecule has 3 nitrogen and oxygen atoms in total. The highest BCUT2D eigenvalue weighted by Gasteiger charge is 2.28. The van der Waals surface area contributed by atoms with Gasteiger partial charge in [0.1, 0.15) is 5.82 Å². The van der Waals surface area contributed by atoms with Gasteiger partial charge < -0.3 is 4.57 Å². The van der Waals surface area contributed by atoms with Crippen molar-refractivity contribution < 1.29 is 0 Å². The fourth-order valence-corrected chi connectivity index (χ4v) is 6.72. The van der Waals surface area contributed by atoms with Gasteiger partial charge in [-0.3, -0.25) is 4.90 Å². The number of pyridine rings is 1. The van der Waals surface area contributed by atoms with Gasteiger partial charge in [0, 0.05) is 39.3 Å². The van der Waals surface area contributed by atoms with E-state index in [0.717, 1.165) is 22.9 Å². The van der Waals surface area contributed by atoms with Crippen molar-refractivity contribution in [2.75, 3.05) is 4.90 Å². The molecule has 0 fully saturated rings. The molecule has 3 heteroatoms. The van der Waals surface area contributed by atoms with Crippen LogP contribution >= 0.6 is 0 Å². The molecule has 2 aromatic heterocycles. The lowest BCUT2D eigenvalue weighted by Gasteiger charge is -2.33. The van der Waals surface area contributed by atoms with Crippen LogP contribution in [-0.4, -0.2) is 9.55 Å². The molecule has 0 aliphatic carbocycles. The van der Waals surface area contributed by atoms with Crippen molar-refractivity contribution in [3.63, 3.8) is 0 Å². The molecule has 3 heterocycles. The van der Waals surface area contributed by atoms with Gasteiger partial charge in [0.25, 0.3) is 0 Å². The molecule has 0 N–H and O–H groups in total. The number of nitrogens with zero attached hydrogens (tertiary/aromatic N) is 3. The Morgan fingerprint density at radius 2 is 1.17 bits per heavy atom. The Morgan fingerprint density at radius 3 is 1.98 bits per heavy atom. The minimum absolute atomic E-state index is 0.959. The Hall–Kier alpha value is -5.67. The average Bonchev–Trinajstić information content (AvgIpc) is 3.40. The third kappa shape index (κ3) is 3.31. The van der Waals surface area contributed by atoms with Crippen molar-refractivity contribution in [1.82, 2.24) is 9.55 Å². The second kappa shape index (κ2) is 8.92. The molecule has 0 saturated carbocycles. The zero-order valence-electron chi connectivity index (χ0n) is 22.8. The number of fused-ring (bicyclic) bond motifs is 5. The summed E-state index contributed by atoms with van der Waals surface area (Å²) in [6.45, 7) is 0. The first-order valence-electron chi connectivity index (χ1n) is 14.3. The molecular weight excluding hydrogens is 510 g/mol. The van der Waals surface area contributed by atoms with Crippen LogP contribution < -0.4 is 4.90 Å². The third-order valence-corrected chi connectivity index (χ3v) is 8.52. The van der Waals surface area contributed by atoms with Gasteiger partial charge in [-0.1, -0.05) is 91.0 Å². The van der Waals surface area contributed by atoms with Gasteiger partial charge in [0.15, 0.2) is 0 Å². The summed E-state index contributed by atoms with van der Waals surface area (Å²) >= 11 is 0. The van der Waals surface area contributed by atoms with Crippen LogP contribution in [-0.2, 0) is 0 Å². The summed E-state index contributed by atoms with van der Waals surface area (Å²) in [5.74, 6) is 0.959. The Kier molecular flexibility index (Phi) is 4.90. The second-order valence-corrected chi connectivity index (χ2v) is 10.9. The number of hydrogen-bond acceptors (Lipinski definition) is 2. The number of para-hydroxylation sites is 3. The summed E-state index contributed by atoms with van der Waals surface area (Å²) in [5.41, 5.74) is 10.6. The Morgan fingerprint density at radius 1 is 0.476 bits per heavy atom. The Bertz CT molecular complexity index is 2260. The topological polar surface area (TPSA) is 21.1 Å². The van der Waals surface area contributed by atoms with Gasteiger partial charge in [-0.15, -0.1) is 0 Å². The number of anilines is 3. The van der Waals surface area contributed by atoms with Crippen molar-refractivity contribution in [3.05, 3.63) is 152 Å². The minimum Gasteiger partial charge on any atom is -0.309 e. The maximum atomic E-state index is 5.01. The zero-order chi connectivity index (χ0) is 27.6. The molecule has 0 amide bonds. The quantitative estimate of drug-likeness (QED) is 0.224. The predicted octanol–water partition coefficient (Wildman–Crippen LogP) is 10.4. The van der Waals surface area contributed by atoms with Crippen molar-refractivity contribution in [2.45, 2.75) is 0 Å². The van der Waals surface area contributed by atoms with Gasteiger partial charge >= 0.3 is 0 Å². The highest BCUT2D eigenvalue weighted by molar-refractivity contribution is 6.14. The molecule has 0 spiro atoms. The molecule has 42 heavy (non-hydrogen) atoms. The van der Waals surface area contributed by atoms with Gasteiger partial charge in [0.05, 0.1) is 16.7 Å². The molecule has 1 aliphatic heterocycles. The SMILES string of the molecule is c1ccc(-c2cc3c4c(nccc4c2)N(c2cccc(-n4c5ccccc5c5ccccc54)c2)c2ccccc2-3)cc1. The average molecular weight is 536 g/mol. The van der Waals surface area contributed by atoms with E-state index in [1.54, 1.807) is 0 Å². The molecule has 1 aliphatic rings. The molecule has 0 saturated heterocycles. The van der Waals surface area contributed by atoms with Gasteiger partial charge in [-0.05, 0) is 76.7 Å². The van der Waals surface area contributed by atoms with Crippen LogP contribution in [0.1, 0.15) is 0 Å². The number of hydrogen-bond donors (Lipinski definition) is 0. The number of rotatable bonds is 3. The van der Waals surface area contributed by atoms with E-state index in [-0.39, 0.29) is 0 Å². The second-order valence-electron chi connectivity index (χ2n) is 10.9. The van der Waals surface area contributed by atoms with Gasteiger partial charge in [0.2, 0.25) is 0 Å². The van der Waals surface area contributed by atoms with Crippen molar-refractivity contribution >= 4 is 49.8 Å². The maximum Gasteiger partial charge on any atom is 0.146 e. The summed E-state index contributed by atoms with van der Waals surface area (Å²) in [5, 5.41) is 4.89. The van der Waals surface area contributed by atoms with Crippen molar-refractivity contribution in [3.8, 4) is 27.9 Å². The molecule has 0 radical (unpaired) electrons. The summed E-state index contributed by atoms with van der Waals surface area (Å²) in [6, 6.07) is 52.2. The number of aromatic nitrogens is 2. The van der Waals surface area contributed by atoms with Crippen LogP contribution in [0.3, 0.4) is 0 Å². The normalized spacial score (nSPS) is 12.2. The smallest absolute Gasteiger partial charge is 0.146 e. The Balaban J connectivity index is 1.29. The summed E-state index contributed by atoms with van der Waals surface area (Å²) in [4.78, 5) is 7.33. The van der Waals surface area contributed by atoms with Crippen LogP contribution in [0.5, 0.6) is 0 Å². The molecule has 196 valence electrons. The summed E-state index contributed by atoms with van der Waals surface area (Å²) in [7, 11) is 0. The lowest BCUT2D eigenvalue weighted by Crippen LogP contribution is -2.16. The molecule has 0 bridgehead atoms. The Labute approximate surface area is 243 Å². The first-order chi connectivity index (χ1) is 20.8. The number of benzene rings is 6. The maximum absolute atomic E-state index is 5.01. The zero-order valence-corrected chi connectivity index (χ0v) is 22.8. The van der Waals surface area contributed by atoms with E-state index < -0.39 is 0 Å². The van der Waals surface area contributed by atoms with Crippen LogP contribution in [0.15, 0.2) is 152 Å². The van der Waals surface area contributed by atoms with Crippen LogP contribution in [0.25, 0.3) is 60.5 Å². The lowest BCUT2D eigenvalue weighted by molar-refractivity contribution is 1.15. The van der Waals surface area contributed by atoms with Crippen LogP contribution in [0.4, 0.5) is 17.2 Å². The predicted molar refractivity (Wildman–Crippen MR) is 175 cm³/mol. The van der Waals surface area contributed by atoms with E-state index in [9.17, 15) is 0 Å². The highest BCUT2D eigenvalue weighted by atomic mass is 15.2. The van der Waals surface area contributed by atoms with E-state index in [1.807, 2.05) is 6.20 Å². The van der Waals surface area contributed by atoms with E-state index in [2.05, 4.69) is 155 Å². The molecule has 9 rings (SSSR count). The van der Waals surface area contributed by atoms with Crippen LogP contribution in [0.2, 0.25) is 0 Å². The van der Waals surface area contributed by atoms with Crippen molar-refractivity contribution in [1.29, 1.82) is 0 Å². The van der Waals surface area contributed by atoms with Gasteiger partial charge in [-0.25, -0.2) is 4.98 Å². The largest absolute Gasteiger partial charge is 0.309 e. The molecule has 6 aromatic carbocycles. The van der Waals surface area contributed by atoms with E-state index in [1.165, 1.54) is 54.8 Å². The van der Waals surface area contributed by atoms with Crippen LogP contribution in [0, 0.1) is 0 Å². The minimum atomic E-state index is 0.959. The van der Waals surface area contributed by atoms with Crippen molar-refractivity contribution in [2.24, 2.45) is 0 Å². The monoisotopic (exact) mass is 535 g/mol. The molecule has 8 aromatic rings. The molecular formula is C39H25N3. The fraction of sp³-hybridized carbons (Fsp3) is 0. The highest BCUT2D eigenvalue weighted by Crippen LogP contribution is 2.51. The van der Waals surface area contributed by atoms with E-state index in [4.69, 9.17) is 4.98 Å². The fourth-order valence-electron chi connectivity index (χ4n) is 6.72. The third-order valence-electron chi connectivity index (χ3n) is 8.52. The van der Waals surface area contributed by atoms with E-state index in [0.29, 0.717) is 0 Å². The molecule has 0 atom stereocenters. The lowest BCUT2D eigenvalue weighted by atomic mass is 9.89. The standard InChI is InChI=1S/C39H25N3/c1-2-11-26(12-3-1)28-23-27-21-22-40-39-38(27)34(24-28)33-17-6-9-20-37(33)42(39)30-14-10-13-29(25-30)41-35-18-7-4-15-31(35)32-16-5-8-19-36(32)41/h1-25H. The first-order valence-corrected chi connectivity index (χ1v) is 14.3. The molecule has 0 unspecified atom stereocenters. The van der Waals surface area contributed by atoms with Gasteiger partial charge in [-0.2, -0.15) is 0 Å². The summed E-state index contributed by atoms with van der Waals surface area (Å²) in [6.07, 6.45) is 1.94. The first kappa shape index (κ1) is 23.1.